The fourth-order valence-electron chi connectivity index (χ4n) is 5.27. The Kier molecular flexibility index (Phi) is 25.1. The van der Waals surface area contributed by atoms with Crippen molar-refractivity contribution in [1.29, 1.82) is 0 Å². The third kappa shape index (κ3) is 21.7. The first-order valence-corrected chi connectivity index (χ1v) is 17.2. The zero-order valence-electron chi connectivity index (χ0n) is 26.1. The maximum atomic E-state index is 6.12. The lowest BCUT2D eigenvalue weighted by Crippen LogP contribution is -2.01. The molecule has 0 atom stereocenters. The van der Waals surface area contributed by atoms with E-state index in [-0.39, 0.29) is 0 Å². The molecule has 1 aromatic carbocycles. The van der Waals surface area contributed by atoms with Gasteiger partial charge in [-0.05, 0) is 37.0 Å². The molecule has 0 aliphatic heterocycles. The fourth-order valence-corrected chi connectivity index (χ4v) is 5.27. The van der Waals surface area contributed by atoms with Crippen molar-refractivity contribution >= 4 is 0 Å². The maximum absolute atomic E-state index is 6.12. The molecule has 0 heterocycles. The van der Waals surface area contributed by atoms with Gasteiger partial charge < -0.3 is 9.47 Å². The van der Waals surface area contributed by atoms with E-state index in [0.29, 0.717) is 0 Å². The quantitative estimate of drug-likeness (QED) is 0.0959. The first-order chi connectivity index (χ1) is 18.8. The molecule has 2 nitrogen and oxygen atoms in total. The van der Waals surface area contributed by atoms with Gasteiger partial charge in [0.1, 0.15) is 11.5 Å². The summed E-state index contributed by atoms with van der Waals surface area (Å²) in [7, 11) is 0. The van der Waals surface area contributed by atoms with Crippen molar-refractivity contribution in [1.82, 2.24) is 0 Å². The molecule has 0 saturated heterocycles. The standard InChI is InChI=1S/C36H66O2/c1-4-7-9-11-13-15-17-19-21-23-25-27-29-37-35-31-34(6-3)32-36(33-35)38-30-28-26-24-22-20-18-16-14-12-10-8-5-2/h31-33H,4-30H2,1-3H3. The summed E-state index contributed by atoms with van der Waals surface area (Å²) in [5, 5.41) is 0. The zero-order valence-corrected chi connectivity index (χ0v) is 26.1. The van der Waals surface area contributed by atoms with Crippen LogP contribution in [0.5, 0.6) is 11.5 Å². The van der Waals surface area contributed by atoms with E-state index in [1.54, 1.807) is 0 Å². The van der Waals surface area contributed by atoms with Crippen molar-refractivity contribution in [2.45, 2.75) is 181 Å². The lowest BCUT2D eigenvalue weighted by Gasteiger charge is -2.12. The van der Waals surface area contributed by atoms with Crippen molar-refractivity contribution < 1.29 is 9.47 Å². The lowest BCUT2D eigenvalue weighted by molar-refractivity contribution is 0.289. The Morgan fingerprint density at radius 2 is 0.658 bits per heavy atom. The maximum Gasteiger partial charge on any atom is 0.123 e. The molecule has 0 aliphatic rings. The van der Waals surface area contributed by atoms with Crippen LogP contribution in [0.15, 0.2) is 18.2 Å². The van der Waals surface area contributed by atoms with Crippen LogP contribution in [-0.2, 0) is 6.42 Å². The van der Waals surface area contributed by atoms with E-state index < -0.39 is 0 Å². The summed E-state index contributed by atoms with van der Waals surface area (Å²) in [5.41, 5.74) is 1.31. The molecule has 0 N–H and O–H groups in total. The fraction of sp³-hybridized carbons (Fsp3) is 0.833. The lowest BCUT2D eigenvalue weighted by atomic mass is 10.1. The molecule has 38 heavy (non-hydrogen) atoms. The van der Waals surface area contributed by atoms with Gasteiger partial charge >= 0.3 is 0 Å². The molecule has 0 spiro atoms. The highest BCUT2D eigenvalue weighted by atomic mass is 16.5. The smallest absolute Gasteiger partial charge is 0.123 e. The predicted octanol–water partition coefficient (Wildman–Crippen LogP) is 12.4. The predicted molar refractivity (Wildman–Crippen MR) is 169 cm³/mol. The number of ether oxygens (including phenoxy) is 2. The van der Waals surface area contributed by atoms with Gasteiger partial charge in [-0.1, -0.05) is 162 Å². The van der Waals surface area contributed by atoms with E-state index >= 15 is 0 Å². The Morgan fingerprint density at radius 1 is 0.368 bits per heavy atom. The summed E-state index contributed by atoms with van der Waals surface area (Å²) >= 11 is 0. The molecule has 0 bridgehead atoms. The normalized spacial score (nSPS) is 11.2. The number of hydrogen-bond acceptors (Lipinski definition) is 2. The molecule has 2 heteroatoms. The summed E-state index contributed by atoms with van der Waals surface area (Å²) in [6.45, 7) is 8.44. The van der Waals surface area contributed by atoms with Gasteiger partial charge in [0, 0.05) is 6.07 Å². The topological polar surface area (TPSA) is 18.5 Å². The van der Waals surface area contributed by atoms with E-state index in [0.717, 1.165) is 44.0 Å². The number of aryl methyl sites for hydroxylation is 1. The van der Waals surface area contributed by atoms with E-state index in [9.17, 15) is 0 Å². The van der Waals surface area contributed by atoms with Gasteiger partial charge in [-0.2, -0.15) is 0 Å². The molecular formula is C36H66O2. The van der Waals surface area contributed by atoms with Crippen molar-refractivity contribution in [3.8, 4) is 11.5 Å². The van der Waals surface area contributed by atoms with E-state index in [2.05, 4.69) is 39.0 Å². The first kappa shape index (κ1) is 34.8. The molecule has 0 fully saturated rings. The van der Waals surface area contributed by atoms with Crippen LogP contribution in [0, 0.1) is 0 Å². The summed E-state index contributed by atoms with van der Waals surface area (Å²) in [5.74, 6) is 1.97. The monoisotopic (exact) mass is 531 g/mol. The Hall–Kier alpha value is -1.18. The summed E-state index contributed by atoms with van der Waals surface area (Å²) in [6, 6.07) is 6.48. The third-order valence-corrected chi connectivity index (χ3v) is 7.88. The molecule has 0 unspecified atom stereocenters. The largest absolute Gasteiger partial charge is 0.493 e. The Bertz CT molecular complexity index is 563. The summed E-state index contributed by atoms with van der Waals surface area (Å²) in [6.07, 6.45) is 34.1. The van der Waals surface area contributed by atoms with Crippen molar-refractivity contribution in [2.24, 2.45) is 0 Å². The second-order valence-electron chi connectivity index (χ2n) is 11.6. The second kappa shape index (κ2) is 27.4. The number of hydrogen-bond donors (Lipinski definition) is 0. The van der Waals surface area contributed by atoms with Gasteiger partial charge in [0.05, 0.1) is 13.2 Å². The summed E-state index contributed by atoms with van der Waals surface area (Å²) < 4.78 is 12.2. The molecule has 222 valence electrons. The van der Waals surface area contributed by atoms with Gasteiger partial charge in [0.2, 0.25) is 0 Å². The zero-order chi connectivity index (χ0) is 27.4. The van der Waals surface area contributed by atoms with Gasteiger partial charge in [-0.25, -0.2) is 0 Å². The number of unbranched alkanes of at least 4 members (excludes halogenated alkanes) is 22. The molecule has 0 aliphatic carbocycles. The average molecular weight is 531 g/mol. The molecule has 0 aromatic heterocycles. The molecular weight excluding hydrogens is 464 g/mol. The molecule has 1 aromatic rings. The Balaban J connectivity index is 2.03. The van der Waals surface area contributed by atoms with E-state index in [1.165, 1.54) is 147 Å². The highest BCUT2D eigenvalue weighted by Crippen LogP contribution is 2.24. The van der Waals surface area contributed by atoms with Crippen molar-refractivity contribution in [2.75, 3.05) is 13.2 Å². The van der Waals surface area contributed by atoms with Crippen LogP contribution >= 0.6 is 0 Å². The first-order valence-electron chi connectivity index (χ1n) is 17.2. The highest BCUT2D eigenvalue weighted by Gasteiger charge is 2.03. The minimum atomic E-state index is 0.822. The van der Waals surface area contributed by atoms with Crippen LogP contribution in [0.4, 0.5) is 0 Å². The molecule has 0 radical (unpaired) electrons. The van der Waals surface area contributed by atoms with Crippen LogP contribution in [-0.4, -0.2) is 13.2 Å². The van der Waals surface area contributed by atoms with Crippen LogP contribution in [0.1, 0.15) is 180 Å². The van der Waals surface area contributed by atoms with Crippen molar-refractivity contribution in [3.05, 3.63) is 23.8 Å². The Labute approximate surface area is 239 Å². The van der Waals surface area contributed by atoms with Crippen LogP contribution in [0.3, 0.4) is 0 Å². The SMILES string of the molecule is CCCCCCCCCCCCCCOc1cc(CC)cc(OCCCCCCCCCCCCCC)c1. The van der Waals surface area contributed by atoms with Crippen molar-refractivity contribution in [3.63, 3.8) is 0 Å². The second-order valence-corrected chi connectivity index (χ2v) is 11.6. The van der Waals surface area contributed by atoms with E-state index in [1.807, 2.05) is 0 Å². The molecule has 0 saturated carbocycles. The molecule has 0 amide bonds. The van der Waals surface area contributed by atoms with Crippen LogP contribution in [0.2, 0.25) is 0 Å². The van der Waals surface area contributed by atoms with Gasteiger partial charge in [0.25, 0.3) is 0 Å². The van der Waals surface area contributed by atoms with Crippen LogP contribution in [0.25, 0.3) is 0 Å². The van der Waals surface area contributed by atoms with Crippen LogP contribution < -0.4 is 9.47 Å². The van der Waals surface area contributed by atoms with Gasteiger partial charge in [0.15, 0.2) is 0 Å². The third-order valence-electron chi connectivity index (χ3n) is 7.88. The summed E-state index contributed by atoms with van der Waals surface area (Å²) in [4.78, 5) is 0. The van der Waals surface area contributed by atoms with E-state index in [4.69, 9.17) is 9.47 Å². The minimum absolute atomic E-state index is 0.822. The average Bonchev–Trinajstić information content (AvgIpc) is 2.93. The van der Waals surface area contributed by atoms with Gasteiger partial charge in [-0.3, -0.25) is 0 Å². The number of benzene rings is 1. The highest BCUT2D eigenvalue weighted by molar-refractivity contribution is 5.38. The van der Waals surface area contributed by atoms with Gasteiger partial charge in [-0.15, -0.1) is 0 Å². The number of rotatable bonds is 29. The Morgan fingerprint density at radius 3 is 0.947 bits per heavy atom. The molecule has 1 rings (SSSR count). The minimum Gasteiger partial charge on any atom is -0.493 e.